The van der Waals surface area contributed by atoms with Crippen molar-refractivity contribution in [3.8, 4) is 29.0 Å². The number of hydrogen-bond acceptors (Lipinski definition) is 7. The predicted octanol–water partition coefficient (Wildman–Crippen LogP) is 5.09. The summed E-state index contributed by atoms with van der Waals surface area (Å²) >= 11 is 1.02. The molecule has 34 heavy (non-hydrogen) atoms. The second-order valence-electron chi connectivity index (χ2n) is 7.84. The number of carbonyl (C=O) groups is 2. The van der Waals surface area contributed by atoms with E-state index >= 15 is 0 Å². The SMILES string of the molecule is CC(CC(Oc1ccc(-c2cc(C#N)cc(C#N)c2)cc1)c1cccnc1)N1C(=O)CSC1=O. The Morgan fingerprint density at radius 1 is 1.06 bits per heavy atom. The Balaban J connectivity index is 1.56. The summed E-state index contributed by atoms with van der Waals surface area (Å²) in [5.41, 5.74) is 3.29. The molecule has 0 N–H and O–H groups in total. The molecule has 0 spiro atoms. The Bertz CT molecular complexity index is 1250. The summed E-state index contributed by atoms with van der Waals surface area (Å²) in [5, 5.41) is 18.2. The van der Waals surface area contributed by atoms with Crippen LogP contribution in [-0.2, 0) is 4.79 Å². The largest absolute Gasteiger partial charge is 0.486 e. The average molecular weight is 469 g/mol. The van der Waals surface area contributed by atoms with E-state index in [4.69, 9.17) is 4.74 Å². The van der Waals surface area contributed by atoms with Crippen LogP contribution in [0.25, 0.3) is 11.1 Å². The van der Waals surface area contributed by atoms with Crippen LogP contribution in [0.2, 0.25) is 0 Å². The maximum absolute atomic E-state index is 12.2. The molecule has 4 rings (SSSR count). The number of aromatic nitrogens is 1. The number of imide groups is 1. The molecule has 0 aliphatic carbocycles. The van der Waals surface area contributed by atoms with Crippen LogP contribution in [0.5, 0.6) is 5.75 Å². The van der Waals surface area contributed by atoms with Gasteiger partial charge in [0.05, 0.1) is 29.0 Å². The van der Waals surface area contributed by atoms with Gasteiger partial charge in [-0.1, -0.05) is 30.0 Å². The van der Waals surface area contributed by atoms with E-state index in [2.05, 4.69) is 17.1 Å². The monoisotopic (exact) mass is 468 g/mol. The summed E-state index contributed by atoms with van der Waals surface area (Å²) in [6.45, 7) is 1.84. The quantitative estimate of drug-likeness (QED) is 0.475. The van der Waals surface area contributed by atoms with Gasteiger partial charge in [0, 0.05) is 30.4 Å². The first-order chi connectivity index (χ1) is 16.5. The third-order valence-corrected chi connectivity index (χ3v) is 6.33. The van der Waals surface area contributed by atoms with E-state index in [0.717, 1.165) is 28.5 Å². The number of carbonyl (C=O) groups excluding carboxylic acids is 2. The first-order valence-electron chi connectivity index (χ1n) is 10.6. The van der Waals surface area contributed by atoms with Gasteiger partial charge >= 0.3 is 0 Å². The van der Waals surface area contributed by atoms with Crippen molar-refractivity contribution in [2.75, 3.05) is 5.75 Å². The van der Waals surface area contributed by atoms with Crippen LogP contribution in [0, 0.1) is 22.7 Å². The van der Waals surface area contributed by atoms with Gasteiger partial charge in [-0.2, -0.15) is 10.5 Å². The fraction of sp³-hybridized carbons (Fsp3) is 0.192. The average Bonchev–Trinajstić information content (AvgIpc) is 3.21. The van der Waals surface area contributed by atoms with Crippen molar-refractivity contribution in [2.45, 2.75) is 25.5 Å². The Kier molecular flexibility index (Phi) is 6.91. The van der Waals surface area contributed by atoms with E-state index < -0.39 is 6.10 Å². The van der Waals surface area contributed by atoms with Crippen molar-refractivity contribution in [1.82, 2.24) is 9.88 Å². The van der Waals surface area contributed by atoms with Crippen LogP contribution in [0.3, 0.4) is 0 Å². The third-order valence-electron chi connectivity index (χ3n) is 5.49. The summed E-state index contributed by atoms with van der Waals surface area (Å²) in [5.74, 6) is 0.590. The van der Waals surface area contributed by atoms with E-state index in [1.54, 1.807) is 30.6 Å². The number of hydrogen-bond donors (Lipinski definition) is 0. The molecule has 2 aromatic carbocycles. The van der Waals surface area contributed by atoms with Crippen molar-refractivity contribution >= 4 is 22.9 Å². The number of ether oxygens (including phenoxy) is 1. The first-order valence-corrected chi connectivity index (χ1v) is 11.6. The molecule has 1 aromatic heterocycles. The highest BCUT2D eigenvalue weighted by molar-refractivity contribution is 8.14. The Hall–Kier alpha value is -4.14. The van der Waals surface area contributed by atoms with Gasteiger partial charge in [0.2, 0.25) is 5.91 Å². The molecule has 7 nitrogen and oxygen atoms in total. The lowest BCUT2D eigenvalue weighted by molar-refractivity contribution is -0.126. The lowest BCUT2D eigenvalue weighted by Gasteiger charge is -2.27. The van der Waals surface area contributed by atoms with Crippen molar-refractivity contribution < 1.29 is 14.3 Å². The first kappa shape index (κ1) is 23.0. The molecule has 1 fully saturated rings. The number of amides is 2. The van der Waals surface area contributed by atoms with Crippen LogP contribution in [0.15, 0.2) is 67.0 Å². The minimum atomic E-state index is -0.423. The number of rotatable bonds is 7. The van der Waals surface area contributed by atoms with Gasteiger partial charge in [0.15, 0.2) is 0 Å². The minimum absolute atomic E-state index is 0.170. The molecule has 168 valence electrons. The zero-order valence-electron chi connectivity index (χ0n) is 18.3. The minimum Gasteiger partial charge on any atom is -0.486 e. The van der Waals surface area contributed by atoms with Crippen LogP contribution in [0.1, 0.15) is 36.1 Å². The molecule has 1 aliphatic heterocycles. The van der Waals surface area contributed by atoms with Gasteiger partial charge in [-0.3, -0.25) is 19.5 Å². The summed E-state index contributed by atoms with van der Waals surface area (Å²) in [7, 11) is 0. The van der Waals surface area contributed by atoms with E-state index in [1.807, 2.05) is 43.3 Å². The van der Waals surface area contributed by atoms with Gasteiger partial charge in [0.1, 0.15) is 11.9 Å². The van der Waals surface area contributed by atoms with Gasteiger partial charge in [-0.25, -0.2) is 0 Å². The molecule has 1 aliphatic rings. The van der Waals surface area contributed by atoms with Gasteiger partial charge in [0.25, 0.3) is 5.24 Å². The maximum Gasteiger partial charge on any atom is 0.289 e. The molecular weight excluding hydrogens is 448 g/mol. The van der Waals surface area contributed by atoms with E-state index in [9.17, 15) is 20.1 Å². The van der Waals surface area contributed by atoms with Gasteiger partial charge < -0.3 is 4.74 Å². The van der Waals surface area contributed by atoms with Gasteiger partial charge in [-0.15, -0.1) is 0 Å². The molecule has 0 radical (unpaired) electrons. The fourth-order valence-corrected chi connectivity index (χ4v) is 4.64. The lowest BCUT2D eigenvalue weighted by Crippen LogP contribution is -2.38. The van der Waals surface area contributed by atoms with E-state index in [-0.39, 0.29) is 22.9 Å². The highest BCUT2D eigenvalue weighted by atomic mass is 32.2. The summed E-state index contributed by atoms with van der Waals surface area (Å²) in [6.07, 6.45) is 3.38. The zero-order valence-corrected chi connectivity index (χ0v) is 19.2. The number of nitrogens with zero attached hydrogens (tertiary/aromatic N) is 4. The van der Waals surface area contributed by atoms with E-state index in [1.165, 1.54) is 4.90 Å². The molecule has 2 unspecified atom stereocenters. The maximum atomic E-state index is 12.2. The van der Waals surface area contributed by atoms with Crippen LogP contribution < -0.4 is 4.74 Å². The second kappa shape index (κ2) is 10.2. The number of benzene rings is 2. The normalized spacial score (nSPS) is 14.9. The number of pyridine rings is 1. The van der Waals surface area contributed by atoms with Crippen LogP contribution in [-0.4, -0.2) is 32.8 Å². The Labute approximate surface area is 201 Å². The molecule has 8 heteroatoms. The third kappa shape index (κ3) is 5.09. The van der Waals surface area contributed by atoms with Crippen molar-refractivity contribution in [3.05, 3.63) is 83.7 Å². The number of thioether (sulfide) groups is 1. The fourth-order valence-electron chi connectivity index (χ4n) is 3.84. The number of nitriles is 2. The highest BCUT2D eigenvalue weighted by Crippen LogP contribution is 2.31. The highest BCUT2D eigenvalue weighted by Gasteiger charge is 2.35. The van der Waals surface area contributed by atoms with Gasteiger partial charge in [-0.05, 0) is 54.4 Å². The molecule has 3 aromatic rings. The van der Waals surface area contributed by atoms with Crippen molar-refractivity contribution in [1.29, 1.82) is 10.5 Å². The predicted molar refractivity (Wildman–Crippen MR) is 128 cm³/mol. The topological polar surface area (TPSA) is 107 Å². The molecule has 0 bridgehead atoms. The molecular formula is C26H20N4O3S. The summed E-state index contributed by atoms with van der Waals surface area (Å²) in [4.78, 5) is 29.8. The summed E-state index contributed by atoms with van der Waals surface area (Å²) in [6, 6.07) is 19.9. The second-order valence-corrected chi connectivity index (χ2v) is 8.77. The van der Waals surface area contributed by atoms with Crippen LogP contribution >= 0.6 is 11.8 Å². The molecule has 2 amide bonds. The molecule has 0 saturated carbocycles. The molecule has 2 heterocycles. The Morgan fingerprint density at radius 2 is 1.76 bits per heavy atom. The van der Waals surface area contributed by atoms with E-state index in [0.29, 0.717) is 23.3 Å². The molecule has 2 atom stereocenters. The Morgan fingerprint density at radius 3 is 2.32 bits per heavy atom. The van der Waals surface area contributed by atoms with Crippen molar-refractivity contribution in [3.63, 3.8) is 0 Å². The van der Waals surface area contributed by atoms with Crippen molar-refractivity contribution in [2.24, 2.45) is 0 Å². The van der Waals surface area contributed by atoms with Crippen LogP contribution in [0.4, 0.5) is 4.79 Å². The zero-order chi connectivity index (χ0) is 24.1. The summed E-state index contributed by atoms with van der Waals surface area (Å²) < 4.78 is 6.28. The smallest absolute Gasteiger partial charge is 0.289 e. The lowest BCUT2D eigenvalue weighted by atomic mass is 10.0. The molecule has 1 saturated heterocycles. The standard InChI is InChI=1S/C26H20N4O3S/c1-17(30-25(31)16-34-26(30)32)9-24(21-3-2-8-29-15-21)33-23-6-4-20(5-7-23)22-11-18(13-27)10-19(12-22)14-28/h2-8,10-12,15,17,24H,9,16H2,1H3.